The Balaban J connectivity index is 1.31. The molecule has 10 heteroatoms. The van der Waals surface area contributed by atoms with Gasteiger partial charge in [-0.1, -0.05) is 54.7 Å². The topological polar surface area (TPSA) is 66.0 Å². The highest BCUT2D eigenvalue weighted by atomic mass is 32.2. The van der Waals surface area contributed by atoms with Crippen LogP contribution in [0.3, 0.4) is 0 Å². The Bertz CT molecular complexity index is 1150. The van der Waals surface area contributed by atoms with Crippen molar-refractivity contribution in [2.24, 2.45) is 5.92 Å². The standard InChI is InChI=1S/C28H30F3NO5S/c1-18(26(33)23-13-32-16-27(23)17-34-9-10-36-27)20-7-8-24(22(12-20)28(29,30)31)38-25-15-35-14-21(37-25)11-19-5-3-2-4-6-19/h2-8,12,21,23,25,32H,1,9-11,13-17H2. The summed E-state index contributed by atoms with van der Waals surface area (Å²) >= 11 is 0.976. The number of Topliss-reactive ketones (excluding diaryl/α,β-unsaturated/α-hetero) is 1. The van der Waals surface area contributed by atoms with Gasteiger partial charge in [-0.3, -0.25) is 4.79 Å². The molecule has 2 aromatic carbocycles. The molecule has 3 aliphatic heterocycles. The fourth-order valence-electron chi connectivity index (χ4n) is 5.13. The minimum atomic E-state index is -4.63. The van der Waals surface area contributed by atoms with E-state index in [1.807, 2.05) is 30.3 Å². The lowest BCUT2D eigenvalue weighted by molar-refractivity contribution is -0.169. The fraction of sp³-hybridized carbons (Fsp3) is 0.464. The minimum absolute atomic E-state index is 0.0125. The molecule has 3 fully saturated rings. The molecule has 3 heterocycles. The third-order valence-corrected chi connectivity index (χ3v) is 8.21. The zero-order valence-electron chi connectivity index (χ0n) is 20.8. The second-order valence-electron chi connectivity index (χ2n) is 9.73. The van der Waals surface area contributed by atoms with E-state index in [0.717, 1.165) is 23.4 Å². The third kappa shape index (κ3) is 6.00. The maximum atomic E-state index is 14.2. The first-order valence-electron chi connectivity index (χ1n) is 12.6. The molecule has 0 radical (unpaired) electrons. The summed E-state index contributed by atoms with van der Waals surface area (Å²) in [5.74, 6) is -0.935. The predicted molar refractivity (Wildman–Crippen MR) is 137 cm³/mol. The maximum absolute atomic E-state index is 14.2. The Morgan fingerprint density at radius 1 is 1.11 bits per heavy atom. The fourth-order valence-corrected chi connectivity index (χ4v) is 6.24. The molecule has 0 bridgehead atoms. The van der Waals surface area contributed by atoms with Gasteiger partial charge in [0, 0.05) is 30.0 Å². The van der Waals surface area contributed by atoms with Gasteiger partial charge in [-0.05, 0) is 23.3 Å². The van der Waals surface area contributed by atoms with Gasteiger partial charge in [0.25, 0.3) is 0 Å². The van der Waals surface area contributed by atoms with Gasteiger partial charge in [-0.25, -0.2) is 0 Å². The number of alkyl halides is 3. The van der Waals surface area contributed by atoms with E-state index in [2.05, 4.69) is 11.9 Å². The molecule has 4 unspecified atom stereocenters. The molecule has 4 atom stereocenters. The number of benzene rings is 2. The summed E-state index contributed by atoms with van der Waals surface area (Å²) in [6, 6.07) is 13.6. The van der Waals surface area contributed by atoms with Crippen LogP contribution in [0.5, 0.6) is 0 Å². The van der Waals surface area contributed by atoms with Crippen molar-refractivity contribution in [2.45, 2.75) is 34.6 Å². The number of ketones is 1. The molecule has 1 spiro atoms. The monoisotopic (exact) mass is 549 g/mol. The highest BCUT2D eigenvalue weighted by Gasteiger charge is 2.50. The first-order valence-corrected chi connectivity index (χ1v) is 13.4. The summed E-state index contributed by atoms with van der Waals surface area (Å²) in [7, 11) is 0. The third-order valence-electron chi connectivity index (χ3n) is 7.09. The summed E-state index contributed by atoms with van der Waals surface area (Å²) in [5, 5.41) is 3.15. The zero-order valence-corrected chi connectivity index (χ0v) is 21.6. The number of thioether (sulfide) groups is 1. The van der Waals surface area contributed by atoms with E-state index < -0.39 is 28.7 Å². The molecule has 6 nitrogen and oxygen atoms in total. The zero-order chi connectivity index (χ0) is 26.8. The second kappa shape index (κ2) is 11.5. The van der Waals surface area contributed by atoms with E-state index in [4.69, 9.17) is 18.9 Å². The molecule has 0 aromatic heterocycles. The largest absolute Gasteiger partial charge is 0.417 e. The summed E-state index contributed by atoms with van der Waals surface area (Å²) < 4.78 is 65.6. The molecular weight excluding hydrogens is 519 g/mol. The number of rotatable bonds is 7. The number of allylic oxidation sites excluding steroid dienone is 1. The van der Waals surface area contributed by atoms with Crippen LogP contribution in [0.2, 0.25) is 0 Å². The SMILES string of the molecule is C=C(C(=O)C1CNCC12COCCO2)c1ccc(SC2COCC(Cc3ccccc3)O2)c(C(F)(F)F)c1. The molecule has 1 N–H and O–H groups in total. The average Bonchev–Trinajstić information content (AvgIpc) is 3.31. The van der Waals surface area contributed by atoms with E-state index >= 15 is 0 Å². The van der Waals surface area contributed by atoms with Gasteiger partial charge in [0.1, 0.15) is 11.0 Å². The summed E-state index contributed by atoms with van der Waals surface area (Å²) in [6.07, 6.45) is -4.28. The lowest BCUT2D eigenvalue weighted by Crippen LogP contribution is -2.52. The van der Waals surface area contributed by atoms with Gasteiger partial charge in [0.05, 0.1) is 50.6 Å². The maximum Gasteiger partial charge on any atom is 0.417 e. The normalized spacial score (nSPS) is 27.9. The van der Waals surface area contributed by atoms with Crippen LogP contribution in [-0.4, -0.2) is 69.0 Å². The molecule has 0 saturated carbocycles. The number of hydrogen-bond acceptors (Lipinski definition) is 7. The number of carbonyl (C=O) groups is 1. The van der Waals surface area contributed by atoms with Crippen LogP contribution >= 0.6 is 11.8 Å². The number of nitrogens with one attached hydrogen (secondary N) is 1. The van der Waals surface area contributed by atoms with Crippen molar-refractivity contribution in [3.8, 4) is 0 Å². The summed E-state index contributed by atoms with van der Waals surface area (Å²) in [4.78, 5) is 13.4. The van der Waals surface area contributed by atoms with Crippen molar-refractivity contribution in [1.29, 1.82) is 0 Å². The molecule has 204 valence electrons. The van der Waals surface area contributed by atoms with Crippen molar-refractivity contribution in [3.05, 3.63) is 71.8 Å². The molecule has 0 amide bonds. The molecule has 3 saturated heterocycles. The van der Waals surface area contributed by atoms with Gasteiger partial charge in [-0.2, -0.15) is 13.2 Å². The van der Waals surface area contributed by atoms with Gasteiger partial charge in [-0.15, -0.1) is 0 Å². The van der Waals surface area contributed by atoms with Crippen LogP contribution in [0.25, 0.3) is 5.57 Å². The van der Waals surface area contributed by atoms with Crippen molar-refractivity contribution in [1.82, 2.24) is 5.32 Å². The molecule has 2 aromatic rings. The van der Waals surface area contributed by atoms with E-state index in [0.29, 0.717) is 39.3 Å². The number of hydrogen-bond donors (Lipinski definition) is 1. The first kappa shape index (κ1) is 27.4. The van der Waals surface area contributed by atoms with Gasteiger partial charge in [0.2, 0.25) is 0 Å². The van der Waals surface area contributed by atoms with Gasteiger partial charge in [0.15, 0.2) is 5.78 Å². The van der Waals surface area contributed by atoms with Gasteiger partial charge < -0.3 is 24.3 Å². The Kier molecular flexibility index (Phi) is 8.27. The highest BCUT2D eigenvalue weighted by molar-refractivity contribution is 7.99. The van der Waals surface area contributed by atoms with Crippen LogP contribution in [0.15, 0.2) is 60.0 Å². The van der Waals surface area contributed by atoms with Crippen molar-refractivity contribution < 1.29 is 36.9 Å². The minimum Gasteiger partial charge on any atom is -0.376 e. The number of carbonyl (C=O) groups excluding carboxylic acids is 1. The lowest BCUT2D eigenvalue weighted by Gasteiger charge is -2.37. The van der Waals surface area contributed by atoms with E-state index in [-0.39, 0.29) is 41.1 Å². The van der Waals surface area contributed by atoms with Crippen molar-refractivity contribution >= 4 is 23.1 Å². The Labute approximate surface area is 223 Å². The summed E-state index contributed by atoms with van der Waals surface area (Å²) in [6.45, 7) is 6.28. The molecule has 5 rings (SSSR count). The van der Waals surface area contributed by atoms with Crippen molar-refractivity contribution in [3.63, 3.8) is 0 Å². The van der Waals surface area contributed by atoms with E-state index in [1.54, 1.807) is 0 Å². The highest BCUT2D eigenvalue weighted by Crippen LogP contribution is 2.41. The molecule has 3 aliphatic rings. The number of ether oxygens (including phenoxy) is 4. The van der Waals surface area contributed by atoms with Crippen LogP contribution in [0.1, 0.15) is 16.7 Å². The second-order valence-corrected chi connectivity index (χ2v) is 10.9. The molecular formula is C28H30F3NO5S. The quantitative estimate of drug-likeness (QED) is 0.515. The van der Waals surface area contributed by atoms with E-state index in [9.17, 15) is 18.0 Å². The number of halogens is 3. The van der Waals surface area contributed by atoms with Crippen LogP contribution in [-0.2, 0) is 36.3 Å². The van der Waals surface area contributed by atoms with E-state index in [1.165, 1.54) is 12.1 Å². The summed E-state index contributed by atoms with van der Waals surface area (Å²) in [5.41, 5.74) is -1.03. The first-order chi connectivity index (χ1) is 18.2. The lowest BCUT2D eigenvalue weighted by atomic mass is 9.83. The predicted octanol–water partition coefficient (Wildman–Crippen LogP) is 4.37. The van der Waals surface area contributed by atoms with Crippen LogP contribution < -0.4 is 5.32 Å². The van der Waals surface area contributed by atoms with Crippen LogP contribution in [0.4, 0.5) is 13.2 Å². The molecule has 0 aliphatic carbocycles. The average molecular weight is 550 g/mol. The van der Waals surface area contributed by atoms with Gasteiger partial charge >= 0.3 is 6.18 Å². The smallest absolute Gasteiger partial charge is 0.376 e. The van der Waals surface area contributed by atoms with Crippen LogP contribution in [0, 0.1) is 5.92 Å². The van der Waals surface area contributed by atoms with Crippen molar-refractivity contribution in [2.75, 3.05) is 46.1 Å². The molecule has 38 heavy (non-hydrogen) atoms. The Hall–Kier alpha value is -2.21. The Morgan fingerprint density at radius 3 is 2.66 bits per heavy atom. The Morgan fingerprint density at radius 2 is 1.92 bits per heavy atom.